The normalized spacial score (nSPS) is 19.5. The number of benzene rings is 4. The highest BCUT2D eigenvalue weighted by Gasteiger charge is 2.41. The summed E-state index contributed by atoms with van der Waals surface area (Å²) >= 11 is 12.7. The van der Waals surface area contributed by atoms with Gasteiger partial charge < -0.3 is 4.74 Å². The van der Waals surface area contributed by atoms with E-state index in [2.05, 4.69) is 48.5 Å². The van der Waals surface area contributed by atoms with E-state index in [0.717, 1.165) is 34.6 Å². The zero-order valence-corrected chi connectivity index (χ0v) is 18.0. The number of hydrogen-bond donors (Lipinski definition) is 0. The first kappa shape index (κ1) is 18.7. The lowest BCUT2D eigenvalue weighted by molar-refractivity contribution is -0.0189. The first-order chi connectivity index (χ1) is 15.2. The molecule has 0 amide bonds. The molecule has 0 saturated heterocycles. The molecule has 4 aromatic rings. The van der Waals surface area contributed by atoms with E-state index in [1.165, 1.54) is 10.8 Å². The molecule has 0 bridgehead atoms. The molecule has 31 heavy (non-hydrogen) atoms. The second-order valence-corrected chi connectivity index (χ2v) is 8.73. The van der Waals surface area contributed by atoms with Crippen LogP contribution in [0.25, 0.3) is 10.8 Å². The Bertz CT molecular complexity index is 1350. The van der Waals surface area contributed by atoms with Gasteiger partial charge in [-0.05, 0) is 40.6 Å². The third-order valence-electron chi connectivity index (χ3n) is 6.01. The van der Waals surface area contributed by atoms with Crippen LogP contribution in [0.2, 0.25) is 10.0 Å². The monoisotopic (exact) mass is 444 g/mol. The molecule has 2 atom stereocenters. The van der Waals surface area contributed by atoms with Crippen LogP contribution in [0.4, 0.5) is 0 Å². The molecule has 6 rings (SSSR count). The van der Waals surface area contributed by atoms with Gasteiger partial charge in [-0.2, -0.15) is 5.10 Å². The molecule has 4 aromatic carbocycles. The van der Waals surface area contributed by atoms with Crippen LogP contribution in [0.3, 0.4) is 0 Å². The molecule has 3 nitrogen and oxygen atoms in total. The van der Waals surface area contributed by atoms with Crippen LogP contribution < -0.4 is 4.74 Å². The smallest absolute Gasteiger partial charge is 0.215 e. The van der Waals surface area contributed by atoms with Crippen LogP contribution in [0.1, 0.15) is 35.4 Å². The van der Waals surface area contributed by atoms with Crippen molar-refractivity contribution in [1.82, 2.24) is 5.01 Å². The summed E-state index contributed by atoms with van der Waals surface area (Å²) in [6.07, 6.45) is 0.392. The maximum atomic E-state index is 6.56. The molecular weight excluding hydrogens is 427 g/mol. The minimum absolute atomic E-state index is 0.0863. The Hall–Kier alpha value is -3.01. The molecule has 0 spiro atoms. The van der Waals surface area contributed by atoms with Crippen molar-refractivity contribution in [3.05, 3.63) is 112 Å². The number of fused-ring (bicyclic) bond motifs is 4. The van der Waals surface area contributed by atoms with Crippen molar-refractivity contribution >= 4 is 39.7 Å². The number of ether oxygens (including phenoxy) is 1. The van der Waals surface area contributed by atoms with Crippen LogP contribution in [0, 0.1) is 0 Å². The van der Waals surface area contributed by atoms with Crippen LogP contribution in [-0.4, -0.2) is 10.7 Å². The summed E-state index contributed by atoms with van der Waals surface area (Å²) in [6, 6.07) is 28.7. The lowest BCUT2D eigenvalue weighted by atomic mass is 9.95. The minimum Gasteiger partial charge on any atom is -0.464 e. The van der Waals surface area contributed by atoms with Crippen molar-refractivity contribution in [2.75, 3.05) is 0 Å². The predicted octanol–water partition coefficient (Wildman–Crippen LogP) is 7.39. The molecule has 0 unspecified atom stereocenters. The quantitative estimate of drug-likeness (QED) is 0.321. The second kappa shape index (κ2) is 7.30. The number of hydrogen-bond acceptors (Lipinski definition) is 3. The Morgan fingerprint density at radius 3 is 2.48 bits per heavy atom. The maximum absolute atomic E-state index is 6.56. The third kappa shape index (κ3) is 3.16. The van der Waals surface area contributed by atoms with Crippen molar-refractivity contribution in [1.29, 1.82) is 0 Å². The SMILES string of the molecule is Clc1ccc([C@@H]2Oc3ccccc3[C@H]3CC(c4ccc5ccccc5c4)=NN32)c(Cl)c1. The van der Waals surface area contributed by atoms with E-state index < -0.39 is 6.23 Å². The van der Waals surface area contributed by atoms with Crippen molar-refractivity contribution in [3.63, 3.8) is 0 Å². The van der Waals surface area contributed by atoms with Gasteiger partial charge in [0.1, 0.15) is 5.75 Å². The van der Waals surface area contributed by atoms with Gasteiger partial charge in [0.2, 0.25) is 6.23 Å². The lowest BCUT2D eigenvalue weighted by Gasteiger charge is -2.38. The fourth-order valence-electron chi connectivity index (χ4n) is 4.48. The van der Waals surface area contributed by atoms with Gasteiger partial charge >= 0.3 is 0 Å². The van der Waals surface area contributed by atoms with Gasteiger partial charge in [-0.1, -0.05) is 83.9 Å². The van der Waals surface area contributed by atoms with E-state index in [4.69, 9.17) is 33.0 Å². The maximum Gasteiger partial charge on any atom is 0.215 e. The third-order valence-corrected chi connectivity index (χ3v) is 6.57. The molecular formula is C26H18Cl2N2O. The Kier molecular flexibility index (Phi) is 4.41. The van der Waals surface area contributed by atoms with E-state index in [9.17, 15) is 0 Å². The number of hydrazone groups is 1. The number of nitrogens with zero attached hydrogens (tertiary/aromatic N) is 2. The fourth-order valence-corrected chi connectivity index (χ4v) is 4.99. The molecule has 5 heteroatoms. The summed E-state index contributed by atoms with van der Waals surface area (Å²) in [4.78, 5) is 0. The van der Waals surface area contributed by atoms with Gasteiger partial charge in [-0.25, -0.2) is 5.01 Å². The zero-order valence-electron chi connectivity index (χ0n) is 16.5. The summed E-state index contributed by atoms with van der Waals surface area (Å²) in [5.41, 5.74) is 4.18. The zero-order chi connectivity index (χ0) is 20.9. The molecule has 0 aromatic heterocycles. The molecule has 0 saturated carbocycles. The lowest BCUT2D eigenvalue weighted by Crippen LogP contribution is -2.33. The van der Waals surface area contributed by atoms with E-state index in [-0.39, 0.29) is 6.04 Å². The van der Waals surface area contributed by atoms with E-state index in [1.807, 2.05) is 35.3 Å². The predicted molar refractivity (Wildman–Crippen MR) is 126 cm³/mol. The molecule has 0 fully saturated rings. The van der Waals surface area contributed by atoms with Gasteiger partial charge in [0, 0.05) is 22.6 Å². The van der Waals surface area contributed by atoms with Gasteiger partial charge in [-0.15, -0.1) is 0 Å². The highest BCUT2D eigenvalue weighted by Crippen LogP contribution is 2.48. The van der Waals surface area contributed by atoms with Gasteiger partial charge in [0.05, 0.1) is 16.8 Å². The summed E-state index contributed by atoms with van der Waals surface area (Å²) in [5.74, 6) is 0.870. The van der Waals surface area contributed by atoms with Crippen molar-refractivity contribution in [3.8, 4) is 5.75 Å². The Labute approximate surface area is 190 Å². The molecule has 2 aliphatic rings. The van der Waals surface area contributed by atoms with E-state index in [1.54, 1.807) is 6.07 Å². The molecule has 2 aliphatic heterocycles. The molecule has 152 valence electrons. The highest BCUT2D eigenvalue weighted by molar-refractivity contribution is 6.35. The van der Waals surface area contributed by atoms with Crippen LogP contribution >= 0.6 is 23.2 Å². The van der Waals surface area contributed by atoms with E-state index >= 15 is 0 Å². The molecule has 0 N–H and O–H groups in total. The van der Waals surface area contributed by atoms with Crippen LogP contribution in [0.15, 0.2) is 90.0 Å². The first-order valence-corrected chi connectivity index (χ1v) is 11.0. The second-order valence-electron chi connectivity index (χ2n) is 7.88. The van der Waals surface area contributed by atoms with Gasteiger partial charge in [0.25, 0.3) is 0 Å². The molecule has 2 heterocycles. The topological polar surface area (TPSA) is 24.8 Å². The number of para-hydroxylation sites is 1. The summed E-state index contributed by atoms with van der Waals surface area (Å²) < 4.78 is 6.40. The molecule has 0 radical (unpaired) electrons. The Morgan fingerprint density at radius 1 is 0.806 bits per heavy atom. The average molecular weight is 445 g/mol. The van der Waals surface area contributed by atoms with Crippen LogP contribution in [-0.2, 0) is 0 Å². The van der Waals surface area contributed by atoms with Crippen molar-refractivity contribution in [2.45, 2.75) is 18.7 Å². The summed E-state index contributed by atoms with van der Waals surface area (Å²) in [6.45, 7) is 0. The average Bonchev–Trinajstić information content (AvgIpc) is 3.24. The minimum atomic E-state index is -0.414. The fraction of sp³-hybridized carbons (Fsp3) is 0.115. The summed E-state index contributed by atoms with van der Waals surface area (Å²) in [5, 5.41) is 10.7. The number of halogens is 2. The molecule has 0 aliphatic carbocycles. The van der Waals surface area contributed by atoms with Gasteiger partial charge in [0.15, 0.2) is 0 Å². The first-order valence-electron chi connectivity index (χ1n) is 10.2. The standard InChI is InChI=1S/C26H18Cl2N2O/c27-19-11-12-20(22(28)14-19)26-30-24(21-7-3-4-8-25(21)31-26)15-23(29-30)18-10-9-16-5-1-2-6-17(16)13-18/h1-14,24,26H,15H2/t24-,26+/m1/s1. The largest absolute Gasteiger partial charge is 0.464 e. The summed E-state index contributed by atoms with van der Waals surface area (Å²) in [7, 11) is 0. The highest BCUT2D eigenvalue weighted by atomic mass is 35.5. The van der Waals surface area contributed by atoms with E-state index in [0.29, 0.717) is 10.0 Å². The van der Waals surface area contributed by atoms with Crippen molar-refractivity contribution < 1.29 is 4.74 Å². The van der Waals surface area contributed by atoms with Crippen LogP contribution in [0.5, 0.6) is 5.75 Å². The Morgan fingerprint density at radius 2 is 1.61 bits per heavy atom. The number of rotatable bonds is 2. The Balaban J connectivity index is 1.46. The van der Waals surface area contributed by atoms with Gasteiger partial charge in [-0.3, -0.25) is 0 Å². The van der Waals surface area contributed by atoms with Crippen molar-refractivity contribution in [2.24, 2.45) is 5.10 Å².